The fourth-order valence-corrected chi connectivity index (χ4v) is 3.14. The van der Waals surface area contributed by atoms with Crippen LogP contribution >= 0.6 is 11.3 Å². The van der Waals surface area contributed by atoms with Gasteiger partial charge in [-0.15, -0.1) is 11.3 Å². The summed E-state index contributed by atoms with van der Waals surface area (Å²) in [5.41, 5.74) is 7.27. The molecule has 0 radical (unpaired) electrons. The summed E-state index contributed by atoms with van der Waals surface area (Å²) in [6, 6.07) is 15.2. The third kappa shape index (κ3) is 3.75. The minimum atomic E-state index is -0.708. The van der Waals surface area contributed by atoms with Crippen molar-refractivity contribution in [1.82, 2.24) is 10.9 Å². The molecule has 0 atom stereocenters. The van der Waals surface area contributed by atoms with Gasteiger partial charge in [0.2, 0.25) is 0 Å². The Labute approximate surface area is 148 Å². The van der Waals surface area contributed by atoms with Crippen LogP contribution in [-0.2, 0) is 0 Å². The largest absolute Gasteiger partial charge is 0.280 e. The molecule has 0 aliphatic rings. The van der Waals surface area contributed by atoms with Crippen LogP contribution in [0.4, 0.5) is 4.39 Å². The number of hydrazine groups is 1. The van der Waals surface area contributed by atoms with Gasteiger partial charge in [-0.1, -0.05) is 42.0 Å². The van der Waals surface area contributed by atoms with Gasteiger partial charge >= 0.3 is 0 Å². The number of carbonyl (C=O) groups is 2. The lowest BCUT2D eigenvalue weighted by atomic mass is 10.1. The Morgan fingerprint density at radius 3 is 2.32 bits per heavy atom. The van der Waals surface area contributed by atoms with Crippen molar-refractivity contribution in [3.63, 3.8) is 0 Å². The number of thiophene rings is 1. The van der Waals surface area contributed by atoms with Crippen LogP contribution in [0.15, 0.2) is 60.0 Å². The summed E-state index contributed by atoms with van der Waals surface area (Å²) in [5, 5.41) is 1.81. The SMILES string of the molecule is Cc1ccc(-c2ccsc2C(=O)NNC(=O)c2ccccc2F)cc1. The second kappa shape index (κ2) is 7.27. The second-order valence-corrected chi connectivity index (χ2v) is 6.33. The van der Waals surface area contributed by atoms with Crippen LogP contribution in [0.1, 0.15) is 25.6 Å². The number of hydrogen-bond acceptors (Lipinski definition) is 3. The quantitative estimate of drug-likeness (QED) is 0.700. The van der Waals surface area contributed by atoms with Gasteiger partial charge in [0, 0.05) is 5.56 Å². The zero-order valence-corrected chi connectivity index (χ0v) is 14.2. The number of carbonyl (C=O) groups excluding carboxylic acids is 2. The molecule has 1 aromatic heterocycles. The summed E-state index contributed by atoms with van der Waals surface area (Å²) in [6.45, 7) is 1.99. The smallest absolute Gasteiger partial charge is 0.267 e. The van der Waals surface area contributed by atoms with E-state index in [1.807, 2.05) is 42.6 Å². The van der Waals surface area contributed by atoms with Gasteiger partial charge in [0.05, 0.1) is 5.56 Å². The third-order valence-electron chi connectivity index (χ3n) is 3.64. The van der Waals surface area contributed by atoms with Gasteiger partial charge in [0.25, 0.3) is 11.8 Å². The molecule has 0 saturated heterocycles. The molecule has 2 N–H and O–H groups in total. The first-order chi connectivity index (χ1) is 12.1. The summed E-state index contributed by atoms with van der Waals surface area (Å²) in [5.74, 6) is -1.80. The minimum absolute atomic E-state index is 0.132. The Morgan fingerprint density at radius 2 is 1.60 bits per heavy atom. The van der Waals surface area contributed by atoms with Gasteiger partial charge in [-0.25, -0.2) is 4.39 Å². The molecule has 0 saturated carbocycles. The molecule has 2 amide bonds. The predicted molar refractivity (Wildman–Crippen MR) is 95.8 cm³/mol. The van der Waals surface area contributed by atoms with Gasteiger partial charge in [-0.05, 0) is 36.1 Å². The number of hydrogen-bond donors (Lipinski definition) is 2. The topological polar surface area (TPSA) is 58.2 Å². The molecule has 3 aromatic rings. The van der Waals surface area contributed by atoms with Crippen LogP contribution in [0.3, 0.4) is 0 Å². The van der Waals surface area contributed by atoms with Crippen molar-refractivity contribution in [3.8, 4) is 11.1 Å². The lowest BCUT2D eigenvalue weighted by molar-refractivity contribution is 0.0846. The van der Waals surface area contributed by atoms with E-state index in [0.717, 1.165) is 16.7 Å². The van der Waals surface area contributed by atoms with E-state index in [9.17, 15) is 14.0 Å². The summed E-state index contributed by atoms with van der Waals surface area (Å²) < 4.78 is 13.6. The Morgan fingerprint density at radius 1 is 0.920 bits per heavy atom. The Hall–Kier alpha value is -2.99. The highest BCUT2D eigenvalue weighted by Crippen LogP contribution is 2.28. The number of nitrogens with one attached hydrogen (secondary N) is 2. The molecule has 0 aliphatic heterocycles. The molecule has 6 heteroatoms. The van der Waals surface area contributed by atoms with Crippen LogP contribution in [0.5, 0.6) is 0 Å². The summed E-state index contributed by atoms with van der Waals surface area (Å²) in [6.07, 6.45) is 0. The number of rotatable bonds is 3. The molecule has 25 heavy (non-hydrogen) atoms. The van der Waals surface area contributed by atoms with Gasteiger partial charge < -0.3 is 0 Å². The molecule has 0 bridgehead atoms. The zero-order chi connectivity index (χ0) is 17.8. The van der Waals surface area contributed by atoms with E-state index in [1.54, 1.807) is 6.07 Å². The van der Waals surface area contributed by atoms with Crippen LogP contribution in [0.2, 0.25) is 0 Å². The molecule has 3 rings (SSSR count). The summed E-state index contributed by atoms with van der Waals surface area (Å²) >= 11 is 1.27. The van der Waals surface area contributed by atoms with E-state index in [0.29, 0.717) is 4.88 Å². The second-order valence-electron chi connectivity index (χ2n) is 5.42. The van der Waals surface area contributed by atoms with Crippen molar-refractivity contribution in [3.05, 3.63) is 81.8 Å². The third-order valence-corrected chi connectivity index (χ3v) is 4.56. The predicted octanol–water partition coefficient (Wildman–Crippen LogP) is 3.94. The van der Waals surface area contributed by atoms with Crippen molar-refractivity contribution in [2.75, 3.05) is 0 Å². The Balaban J connectivity index is 1.73. The van der Waals surface area contributed by atoms with Gasteiger partial charge in [0.15, 0.2) is 0 Å². The Kier molecular flexibility index (Phi) is 4.90. The maximum absolute atomic E-state index is 13.6. The Bertz CT molecular complexity index is 919. The highest BCUT2D eigenvalue weighted by molar-refractivity contribution is 7.12. The van der Waals surface area contributed by atoms with Gasteiger partial charge in [-0.3, -0.25) is 20.4 Å². The van der Waals surface area contributed by atoms with Crippen molar-refractivity contribution in [2.24, 2.45) is 0 Å². The van der Waals surface area contributed by atoms with Crippen molar-refractivity contribution in [2.45, 2.75) is 6.92 Å². The lowest BCUT2D eigenvalue weighted by Gasteiger charge is -2.09. The van der Waals surface area contributed by atoms with Gasteiger partial charge in [0.1, 0.15) is 10.7 Å². The molecule has 0 fully saturated rings. The van der Waals surface area contributed by atoms with Crippen LogP contribution in [0, 0.1) is 12.7 Å². The highest BCUT2D eigenvalue weighted by atomic mass is 32.1. The van der Waals surface area contributed by atoms with Crippen LogP contribution < -0.4 is 10.9 Å². The van der Waals surface area contributed by atoms with Crippen molar-refractivity contribution in [1.29, 1.82) is 0 Å². The molecule has 1 heterocycles. The zero-order valence-electron chi connectivity index (χ0n) is 13.4. The maximum atomic E-state index is 13.6. The van der Waals surface area contributed by atoms with E-state index < -0.39 is 17.6 Å². The van der Waals surface area contributed by atoms with Crippen molar-refractivity contribution >= 4 is 23.2 Å². The molecule has 2 aromatic carbocycles. The van der Waals surface area contributed by atoms with Gasteiger partial charge in [-0.2, -0.15) is 0 Å². The van der Waals surface area contributed by atoms with E-state index >= 15 is 0 Å². The van der Waals surface area contributed by atoms with E-state index in [1.165, 1.54) is 29.5 Å². The highest BCUT2D eigenvalue weighted by Gasteiger charge is 2.16. The lowest BCUT2D eigenvalue weighted by Crippen LogP contribution is -2.41. The summed E-state index contributed by atoms with van der Waals surface area (Å²) in [7, 11) is 0. The first kappa shape index (κ1) is 16.9. The summed E-state index contributed by atoms with van der Waals surface area (Å²) in [4.78, 5) is 24.8. The molecular formula is C19H15FN2O2S. The number of halogens is 1. The molecular weight excluding hydrogens is 339 g/mol. The van der Waals surface area contributed by atoms with Crippen LogP contribution in [-0.4, -0.2) is 11.8 Å². The molecule has 4 nitrogen and oxygen atoms in total. The van der Waals surface area contributed by atoms with E-state index in [2.05, 4.69) is 10.9 Å². The fraction of sp³-hybridized carbons (Fsp3) is 0.0526. The minimum Gasteiger partial charge on any atom is -0.267 e. The average Bonchev–Trinajstić information content (AvgIpc) is 3.10. The average molecular weight is 354 g/mol. The maximum Gasteiger partial charge on any atom is 0.280 e. The standard InChI is InChI=1S/C19H15FN2O2S/c1-12-6-8-13(9-7-12)14-10-11-25-17(14)19(24)22-21-18(23)15-4-2-3-5-16(15)20/h2-11H,1H3,(H,21,23)(H,22,24). The molecule has 0 spiro atoms. The van der Waals surface area contributed by atoms with E-state index in [4.69, 9.17) is 0 Å². The first-order valence-corrected chi connectivity index (χ1v) is 8.44. The monoisotopic (exact) mass is 354 g/mol. The number of benzene rings is 2. The fourth-order valence-electron chi connectivity index (χ4n) is 2.33. The van der Waals surface area contributed by atoms with Crippen LogP contribution in [0.25, 0.3) is 11.1 Å². The molecule has 0 unspecified atom stereocenters. The first-order valence-electron chi connectivity index (χ1n) is 7.56. The van der Waals surface area contributed by atoms with Crippen molar-refractivity contribution < 1.29 is 14.0 Å². The molecule has 126 valence electrons. The number of amides is 2. The molecule has 0 aliphatic carbocycles. The van der Waals surface area contributed by atoms with E-state index in [-0.39, 0.29) is 5.56 Å². The number of aryl methyl sites for hydroxylation is 1. The normalized spacial score (nSPS) is 10.3.